The van der Waals surface area contributed by atoms with E-state index in [1.807, 2.05) is 36.5 Å². The van der Waals surface area contributed by atoms with E-state index in [-0.39, 0.29) is 5.56 Å². The van der Waals surface area contributed by atoms with E-state index in [0.717, 1.165) is 33.3 Å². The summed E-state index contributed by atoms with van der Waals surface area (Å²) in [5, 5.41) is 11.3. The van der Waals surface area contributed by atoms with Crippen LogP contribution in [-0.4, -0.2) is 30.9 Å². The average molecular weight is 483 g/mol. The summed E-state index contributed by atoms with van der Waals surface area (Å²) in [7, 11) is 0. The maximum absolute atomic E-state index is 12.3. The number of nitrogens with one attached hydrogen (secondary N) is 1. The molecule has 2 heterocycles. The van der Waals surface area contributed by atoms with Gasteiger partial charge in [-0.05, 0) is 34.0 Å². The molecule has 35 heavy (non-hydrogen) atoms. The van der Waals surface area contributed by atoms with E-state index in [9.17, 15) is 9.59 Å². The van der Waals surface area contributed by atoms with Gasteiger partial charge in [0.05, 0.1) is 17.9 Å². The van der Waals surface area contributed by atoms with Gasteiger partial charge < -0.3 is 10.7 Å². The van der Waals surface area contributed by atoms with Gasteiger partial charge in [0.1, 0.15) is 0 Å². The molecule has 0 saturated heterocycles. The monoisotopic (exact) mass is 482 g/mol. The number of aromatic amines is 1. The van der Waals surface area contributed by atoms with Crippen molar-refractivity contribution in [2.24, 2.45) is 5.73 Å². The molecule has 174 valence electrons. The smallest absolute Gasteiger partial charge is 0.251 e. The summed E-state index contributed by atoms with van der Waals surface area (Å²) in [6, 6.07) is 23.0. The summed E-state index contributed by atoms with van der Waals surface area (Å²) in [6.45, 7) is 0.520. The minimum Gasteiger partial charge on any atom is -0.366 e. The third-order valence-electron chi connectivity index (χ3n) is 5.55. The fourth-order valence-electron chi connectivity index (χ4n) is 3.87. The Morgan fingerprint density at radius 2 is 1.80 bits per heavy atom. The van der Waals surface area contributed by atoms with Gasteiger partial charge in [-0.1, -0.05) is 71.6 Å². The Balaban J connectivity index is 1.25. The molecule has 0 aliphatic rings. The zero-order valence-corrected chi connectivity index (χ0v) is 19.5. The molecule has 0 atom stereocenters. The minimum atomic E-state index is -0.454. The largest absolute Gasteiger partial charge is 0.366 e. The van der Waals surface area contributed by atoms with Crippen LogP contribution in [0.3, 0.4) is 0 Å². The third-order valence-corrected chi connectivity index (χ3v) is 6.46. The molecule has 0 fully saturated rings. The number of nitrogens with zero attached hydrogens (tertiary/aromatic N) is 4. The number of benzene rings is 3. The van der Waals surface area contributed by atoms with E-state index in [1.54, 1.807) is 22.9 Å². The molecule has 0 aliphatic heterocycles. The number of aromatic nitrogens is 5. The molecule has 5 aromatic rings. The van der Waals surface area contributed by atoms with Gasteiger partial charge in [0.25, 0.3) is 5.56 Å². The quantitative estimate of drug-likeness (QED) is 0.258. The number of nitrogens with two attached hydrogens (primary N) is 1. The van der Waals surface area contributed by atoms with Gasteiger partial charge in [-0.15, -0.1) is 5.10 Å². The Bertz CT molecular complexity index is 1550. The normalized spacial score (nSPS) is 11.1. The third kappa shape index (κ3) is 5.47. The van der Waals surface area contributed by atoms with Crippen LogP contribution in [0.1, 0.15) is 32.9 Å². The number of primary amides is 1. The number of rotatable bonds is 8. The fraction of sp³-hybridized carbons (Fsp3) is 0.115. The molecule has 5 rings (SSSR count). The molecular formula is C26H22N6O2S. The highest BCUT2D eigenvalue weighted by molar-refractivity contribution is 7.98. The lowest BCUT2D eigenvalue weighted by Gasteiger charge is -2.07. The topological polar surface area (TPSA) is 120 Å². The number of H-pyrrole nitrogens is 1. The van der Waals surface area contributed by atoms with Crippen molar-refractivity contribution in [1.29, 1.82) is 0 Å². The van der Waals surface area contributed by atoms with Crippen LogP contribution in [-0.2, 0) is 18.7 Å². The van der Waals surface area contributed by atoms with Crippen molar-refractivity contribution in [2.45, 2.75) is 23.9 Å². The molecule has 8 nitrogen and oxygen atoms in total. The van der Waals surface area contributed by atoms with Crippen molar-refractivity contribution in [3.05, 3.63) is 117 Å². The first-order chi connectivity index (χ1) is 17.0. The van der Waals surface area contributed by atoms with Crippen molar-refractivity contribution in [3.63, 3.8) is 0 Å². The number of fused-ring (bicyclic) bond motifs is 1. The average Bonchev–Trinajstić information content (AvgIpc) is 3.30. The molecule has 0 aliphatic carbocycles. The van der Waals surface area contributed by atoms with Crippen molar-refractivity contribution in [3.8, 4) is 0 Å². The second-order valence-electron chi connectivity index (χ2n) is 8.11. The van der Waals surface area contributed by atoms with E-state index in [2.05, 4.69) is 44.5 Å². The van der Waals surface area contributed by atoms with Gasteiger partial charge in [0, 0.05) is 30.0 Å². The van der Waals surface area contributed by atoms with Crippen molar-refractivity contribution in [1.82, 2.24) is 25.0 Å². The lowest BCUT2D eigenvalue weighted by Crippen LogP contribution is -2.10. The highest BCUT2D eigenvalue weighted by atomic mass is 32.2. The van der Waals surface area contributed by atoms with Crippen LogP contribution >= 0.6 is 11.8 Å². The summed E-state index contributed by atoms with van der Waals surface area (Å²) in [5.41, 5.74) is 9.16. The van der Waals surface area contributed by atoms with Gasteiger partial charge in [0.15, 0.2) is 5.16 Å². The molecule has 1 amide bonds. The van der Waals surface area contributed by atoms with Crippen LogP contribution in [0.4, 0.5) is 0 Å². The van der Waals surface area contributed by atoms with E-state index in [1.165, 1.54) is 11.8 Å². The molecule has 0 unspecified atom stereocenters. The Labute approximate surface area is 205 Å². The van der Waals surface area contributed by atoms with Crippen LogP contribution in [0.2, 0.25) is 0 Å². The number of amides is 1. The predicted molar refractivity (Wildman–Crippen MR) is 135 cm³/mol. The number of hydrogen-bond acceptors (Lipinski definition) is 6. The van der Waals surface area contributed by atoms with Gasteiger partial charge in [-0.25, -0.2) is 9.67 Å². The summed E-state index contributed by atoms with van der Waals surface area (Å²) in [4.78, 5) is 31.0. The minimum absolute atomic E-state index is 0.180. The lowest BCUT2D eigenvalue weighted by atomic mass is 10.0. The first-order valence-electron chi connectivity index (χ1n) is 11.0. The van der Waals surface area contributed by atoms with E-state index in [0.29, 0.717) is 29.4 Å². The maximum Gasteiger partial charge on any atom is 0.251 e. The molecule has 2 aromatic heterocycles. The second-order valence-corrected chi connectivity index (χ2v) is 9.08. The fourth-order valence-corrected chi connectivity index (χ4v) is 4.64. The van der Waals surface area contributed by atoms with Crippen LogP contribution < -0.4 is 11.3 Å². The van der Waals surface area contributed by atoms with Gasteiger partial charge >= 0.3 is 0 Å². The molecule has 3 N–H and O–H groups in total. The number of hydrogen-bond donors (Lipinski definition) is 2. The van der Waals surface area contributed by atoms with E-state index < -0.39 is 5.91 Å². The van der Waals surface area contributed by atoms with Crippen LogP contribution in [0, 0.1) is 0 Å². The highest BCUT2D eigenvalue weighted by Gasteiger charge is 2.09. The summed E-state index contributed by atoms with van der Waals surface area (Å²) >= 11 is 1.41. The molecular weight excluding hydrogens is 460 g/mol. The Morgan fingerprint density at radius 3 is 2.63 bits per heavy atom. The second kappa shape index (κ2) is 9.94. The Morgan fingerprint density at radius 1 is 1.00 bits per heavy atom. The summed E-state index contributed by atoms with van der Waals surface area (Å²) < 4.78 is 1.72. The van der Waals surface area contributed by atoms with Crippen LogP contribution in [0.15, 0.2) is 88.9 Å². The zero-order chi connectivity index (χ0) is 24.2. The number of carbonyl (C=O) groups is 1. The zero-order valence-electron chi connectivity index (χ0n) is 18.7. The first kappa shape index (κ1) is 22.5. The van der Waals surface area contributed by atoms with E-state index in [4.69, 9.17) is 5.73 Å². The standard InChI is InChI=1S/C26H22N6O2S/c27-25(34)19-10-8-17(9-11-19)14-32-15-22(30-31-32)16-35-26-28-21(13-24(33)29-26)12-20-6-3-5-18-4-1-2-7-23(18)20/h1-11,13,15H,12,14,16H2,(H2,27,34)(H,28,29,33). The highest BCUT2D eigenvalue weighted by Crippen LogP contribution is 2.22. The molecule has 0 spiro atoms. The van der Waals surface area contributed by atoms with Crippen molar-refractivity contribution >= 4 is 28.4 Å². The summed E-state index contributed by atoms with van der Waals surface area (Å²) in [6.07, 6.45) is 2.43. The lowest BCUT2D eigenvalue weighted by molar-refractivity contribution is 0.100. The first-order valence-corrected chi connectivity index (χ1v) is 12.0. The van der Waals surface area contributed by atoms with Gasteiger partial charge in [0.2, 0.25) is 5.91 Å². The summed E-state index contributed by atoms with van der Waals surface area (Å²) in [5.74, 6) is 0.0609. The predicted octanol–water partition coefficient (Wildman–Crippen LogP) is 3.54. The van der Waals surface area contributed by atoms with Crippen LogP contribution in [0.25, 0.3) is 10.8 Å². The Hall–Kier alpha value is -4.24. The SMILES string of the molecule is NC(=O)c1ccc(Cn2cc(CSc3nc(Cc4cccc5ccccc45)cc(=O)[nH]3)nn2)cc1. The van der Waals surface area contributed by atoms with Crippen molar-refractivity contribution < 1.29 is 4.79 Å². The van der Waals surface area contributed by atoms with E-state index >= 15 is 0 Å². The molecule has 9 heteroatoms. The molecule has 3 aromatic carbocycles. The van der Waals surface area contributed by atoms with Gasteiger partial charge in [-0.2, -0.15) is 0 Å². The maximum atomic E-state index is 12.3. The van der Waals surface area contributed by atoms with Crippen LogP contribution in [0.5, 0.6) is 0 Å². The molecule has 0 radical (unpaired) electrons. The number of carbonyl (C=O) groups excluding carboxylic acids is 1. The van der Waals surface area contributed by atoms with Gasteiger partial charge in [-0.3, -0.25) is 9.59 Å². The Kier molecular flexibility index (Phi) is 6.40. The molecule has 0 saturated carbocycles. The molecule has 0 bridgehead atoms. The number of thioether (sulfide) groups is 1. The van der Waals surface area contributed by atoms with Crippen molar-refractivity contribution in [2.75, 3.05) is 0 Å².